The van der Waals surface area contributed by atoms with Crippen molar-refractivity contribution in [3.05, 3.63) is 24.3 Å². The first-order valence-corrected chi connectivity index (χ1v) is 9.76. The number of nitrogens with one attached hydrogen (secondary N) is 1. The molecule has 1 saturated carbocycles. The predicted molar refractivity (Wildman–Crippen MR) is 88.4 cm³/mol. The topological polar surface area (TPSA) is 46.2 Å². The van der Waals surface area contributed by atoms with Gasteiger partial charge in [-0.25, -0.2) is 8.42 Å². The maximum atomic E-state index is 12.0. The van der Waals surface area contributed by atoms with Gasteiger partial charge in [-0.2, -0.15) is 0 Å². The molecule has 1 N–H and O–H groups in total. The van der Waals surface area contributed by atoms with Crippen molar-refractivity contribution in [2.24, 2.45) is 5.92 Å². The van der Waals surface area contributed by atoms with Crippen molar-refractivity contribution in [3.8, 4) is 0 Å². The zero-order chi connectivity index (χ0) is 15.3. The molecule has 1 aromatic carbocycles. The first-order valence-electron chi connectivity index (χ1n) is 8.10. The highest BCUT2D eigenvalue weighted by atomic mass is 32.2. The standard InChI is InChI=1S/C17H27NO2S/c1-3-13-21(19,20)17-11-9-16(10-12-17)18-15-6-4-5-14(2)7-8-15/h9-12,14-15,18H,3-8,13H2,1-2H3. The largest absolute Gasteiger partial charge is 0.382 e. The van der Waals surface area contributed by atoms with Gasteiger partial charge in [-0.05, 0) is 55.9 Å². The van der Waals surface area contributed by atoms with Crippen molar-refractivity contribution >= 4 is 15.5 Å². The van der Waals surface area contributed by atoms with Crippen LogP contribution in [-0.4, -0.2) is 20.2 Å². The first-order chi connectivity index (χ1) is 10.0. The van der Waals surface area contributed by atoms with E-state index in [9.17, 15) is 8.42 Å². The molecule has 1 aliphatic carbocycles. The molecule has 0 aromatic heterocycles. The van der Waals surface area contributed by atoms with Crippen molar-refractivity contribution < 1.29 is 8.42 Å². The van der Waals surface area contributed by atoms with E-state index in [2.05, 4.69) is 12.2 Å². The van der Waals surface area contributed by atoms with Gasteiger partial charge in [0.2, 0.25) is 0 Å². The second-order valence-electron chi connectivity index (χ2n) is 6.30. The van der Waals surface area contributed by atoms with Crippen LogP contribution in [0.5, 0.6) is 0 Å². The van der Waals surface area contributed by atoms with Gasteiger partial charge in [0.15, 0.2) is 9.84 Å². The average Bonchev–Trinajstić information content (AvgIpc) is 2.64. The third-order valence-electron chi connectivity index (χ3n) is 4.31. The molecular formula is C17H27NO2S. The summed E-state index contributed by atoms with van der Waals surface area (Å²) in [5.74, 6) is 1.05. The van der Waals surface area contributed by atoms with E-state index >= 15 is 0 Å². The minimum absolute atomic E-state index is 0.223. The monoisotopic (exact) mass is 309 g/mol. The highest BCUT2D eigenvalue weighted by molar-refractivity contribution is 7.91. The van der Waals surface area contributed by atoms with Crippen LogP contribution in [0.1, 0.15) is 52.4 Å². The lowest BCUT2D eigenvalue weighted by Gasteiger charge is -2.18. The molecule has 2 rings (SSSR count). The zero-order valence-corrected chi connectivity index (χ0v) is 14.0. The fourth-order valence-electron chi connectivity index (χ4n) is 3.01. The van der Waals surface area contributed by atoms with Crippen molar-refractivity contribution in [2.75, 3.05) is 11.1 Å². The molecule has 4 heteroatoms. The van der Waals surface area contributed by atoms with Gasteiger partial charge in [-0.3, -0.25) is 0 Å². The summed E-state index contributed by atoms with van der Waals surface area (Å²) in [5.41, 5.74) is 1.03. The molecule has 0 bridgehead atoms. The summed E-state index contributed by atoms with van der Waals surface area (Å²) in [7, 11) is -3.10. The molecule has 2 atom stereocenters. The summed E-state index contributed by atoms with van der Waals surface area (Å²) in [6.45, 7) is 4.22. The van der Waals surface area contributed by atoms with E-state index in [1.807, 2.05) is 19.1 Å². The molecule has 21 heavy (non-hydrogen) atoms. The van der Waals surface area contributed by atoms with E-state index in [1.54, 1.807) is 12.1 Å². The molecule has 0 amide bonds. The SMILES string of the molecule is CCCS(=O)(=O)c1ccc(NC2CCCC(C)CC2)cc1. The number of hydrogen-bond donors (Lipinski definition) is 1. The van der Waals surface area contributed by atoms with Crippen LogP contribution >= 0.6 is 0 Å². The summed E-state index contributed by atoms with van der Waals surface area (Å²) in [6.07, 6.45) is 6.95. The van der Waals surface area contributed by atoms with Crippen LogP contribution in [-0.2, 0) is 9.84 Å². The van der Waals surface area contributed by atoms with E-state index in [-0.39, 0.29) is 5.75 Å². The Hall–Kier alpha value is -1.03. The second kappa shape index (κ2) is 7.30. The van der Waals surface area contributed by atoms with E-state index in [0.29, 0.717) is 17.4 Å². The normalized spacial score (nSPS) is 23.5. The minimum atomic E-state index is -3.10. The molecule has 0 heterocycles. The van der Waals surface area contributed by atoms with Crippen LogP contribution in [0, 0.1) is 5.92 Å². The summed E-state index contributed by atoms with van der Waals surface area (Å²) < 4.78 is 24.0. The van der Waals surface area contributed by atoms with E-state index in [4.69, 9.17) is 0 Å². The maximum absolute atomic E-state index is 12.0. The molecule has 1 aromatic rings. The minimum Gasteiger partial charge on any atom is -0.382 e. The third-order valence-corrected chi connectivity index (χ3v) is 6.25. The van der Waals surface area contributed by atoms with Gasteiger partial charge in [0.1, 0.15) is 0 Å². The van der Waals surface area contributed by atoms with Crippen LogP contribution in [0.25, 0.3) is 0 Å². The van der Waals surface area contributed by atoms with Gasteiger partial charge in [0, 0.05) is 11.7 Å². The van der Waals surface area contributed by atoms with Gasteiger partial charge in [0.25, 0.3) is 0 Å². The van der Waals surface area contributed by atoms with Crippen LogP contribution < -0.4 is 5.32 Å². The Morgan fingerprint density at radius 2 is 1.81 bits per heavy atom. The lowest BCUT2D eigenvalue weighted by Crippen LogP contribution is -2.18. The third kappa shape index (κ3) is 4.73. The summed E-state index contributed by atoms with van der Waals surface area (Å²) in [6, 6.07) is 7.78. The Morgan fingerprint density at radius 3 is 2.48 bits per heavy atom. The zero-order valence-electron chi connectivity index (χ0n) is 13.1. The molecule has 0 radical (unpaired) electrons. The number of rotatable bonds is 5. The molecule has 0 spiro atoms. The van der Waals surface area contributed by atoms with Gasteiger partial charge >= 0.3 is 0 Å². The van der Waals surface area contributed by atoms with Crippen LogP contribution in [0.4, 0.5) is 5.69 Å². The predicted octanol–water partition coefficient (Wildman–Crippen LogP) is 4.25. The Labute approximate surface area is 129 Å². The molecule has 118 valence electrons. The van der Waals surface area contributed by atoms with Crippen molar-refractivity contribution in [2.45, 2.75) is 63.3 Å². The Kier molecular flexibility index (Phi) is 5.68. The molecule has 0 aliphatic heterocycles. The molecular weight excluding hydrogens is 282 g/mol. The van der Waals surface area contributed by atoms with E-state index in [1.165, 1.54) is 32.1 Å². The number of hydrogen-bond acceptors (Lipinski definition) is 3. The summed E-state index contributed by atoms with van der Waals surface area (Å²) in [4.78, 5) is 0.435. The quantitative estimate of drug-likeness (QED) is 0.827. The smallest absolute Gasteiger partial charge is 0.178 e. The Balaban J connectivity index is 1.99. The highest BCUT2D eigenvalue weighted by Gasteiger charge is 2.17. The first kappa shape index (κ1) is 16.3. The van der Waals surface area contributed by atoms with Gasteiger partial charge in [0.05, 0.1) is 10.6 Å². The van der Waals surface area contributed by atoms with Gasteiger partial charge in [-0.15, -0.1) is 0 Å². The van der Waals surface area contributed by atoms with Gasteiger partial charge < -0.3 is 5.32 Å². The van der Waals surface area contributed by atoms with Crippen molar-refractivity contribution in [1.82, 2.24) is 0 Å². The lowest BCUT2D eigenvalue weighted by atomic mass is 10.0. The van der Waals surface area contributed by atoms with Gasteiger partial charge in [-0.1, -0.05) is 26.7 Å². The molecule has 1 aliphatic rings. The summed E-state index contributed by atoms with van der Waals surface area (Å²) >= 11 is 0. The number of sulfone groups is 1. The van der Waals surface area contributed by atoms with Crippen LogP contribution in [0.2, 0.25) is 0 Å². The molecule has 3 nitrogen and oxygen atoms in total. The molecule has 1 fully saturated rings. The second-order valence-corrected chi connectivity index (χ2v) is 8.41. The number of anilines is 1. The summed E-state index contributed by atoms with van der Waals surface area (Å²) in [5, 5.41) is 3.56. The maximum Gasteiger partial charge on any atom is 0.178 e. The Bertz CT molecular complexity index is 536. The highest BCUT2D eigenvalue weighted by Crippen LogP contribution is 2.25. The molecule has 2 unspecified atom stereocenters. The number of benzene rings is 1. The average molecular weight is 309 g/mol. The molecule has 0 saturated heterocycles. The van der Waals surface area contributed by atoms with Crippen LogP contribution in [0.15, 0.2) is 29.2 Å². The van der Waals surface area contributed by atoms with Crippen molar-refractivity contribution in [3.63, 3.8) is 0 Å². The van der Waals surface area contributed by atoms with E-state index < -0.39 is 9.84 Å². The fraction of sp³-hybridized carbons (Fsp3) is 0.647. The lowest BCUT2D eigenvalue weighted by molar-refractivity contribution is 0.502. The fourth-order valence-corrected chi connectivity index (χ4v) is 4.34. The van der Waals surface area contributed by atoms with E-state index in [0.717, 1.165) is 11.6 Å². The van der Waals surface area contributed by atoms with Crippen LogP contribution in [0.3, 0.4) is 0 Å². The Morgan fingerprint density at radius 1 is 1.10 bits per heavy atom. The van der Waals surface area contributed by atoms with Crippen molar-refractivity contribution in [1.29, 1.82) is 0 Å².